The molecule has 0 spiro atoms. The number of rotatable bonds is 3. The Balaban J connectivity index is 1.70. The van der Waals surface area contributed by atoms with Gasteiger partial charge in [0, 0.05) is 16.7 Å². The van der Waals surface area contributed by atoms with Gasteiger partial charge in [0.15, 0.2) is 0 Å². The molecule has 30 heavy (non-hydrogen) atoms. The third-order valence-corrected chi connectivity index (χ3v) is 5.23. The van der Waals surface area contributed by atoms with Crippen molar-refractivity contribution in [3.05, 3.63) is 107 Å². The summed E-state index contributed by atoms with van der Waals surface area (Å²) in [5, 5.41) is 0. The van der Waals surface area contributed by atoms with E-state index in [-0.39, 0.29) is 22.3 Å². The average Bonchev–Trinajstić information content (AvgIpc) is 2.72. The minimum absolute atomic E-state index is 0.0831. The summed E-state index contributed by atoms with van der Waals surface area (Å²) >= 11 is 0. The van der Waals surface area contributed by atoms with Gasteiger partial charge in [-0.1, -0.05) is 54.1 Å². The zero-order valence-electron chi connectivity index (χ0n) is 16.4. The molecular formula is C26H18F4. The lowest BCUT2D eigenvalue weighted by Crippen LogP contribution is -1.93. The molecule has 0 fully saturated rings. The Kier molecular flexibility index (Phi) is 5.17. The van der Waals surface area contributed by atoms with Crippen LogP contribution in [0.4, 0.5) is 17.6 Å². The van der Waals surface area contributed by atoms with Crippen LogP contribution in [0.15, 0.2) is 72.8 Å². The normalized spacial score (nSPS) is 11.0. The van der Waals surface area contributed by atoms with Gasteiger partial charge in [0.05, 0.1) is 0 Å². The molecule has 4 aromatic rings. The van der Waals surface area contributed by atoms with Crippen LogP contribution in [0.2, 0.25) is 0 Å². The molecule has 0 aromatic heterocycles. The Bertz CT molecular complexity index is 1220. The van der Waals surface area contributed by atoms with E-state index >= 15 is 0 Å². The summed E-state index contributed by atoms with van der Waals surface area (Å²) in [6.45, 7) is 3.31. The molecule has 0 atom stereocenters. The highest BCUT2D eigenvalue weighted by molar-refractivity contribution is 5.74. The van der Waals surface area contributed by atoms with E-state index in [0.717, 1.165) is 29.3 Å². The Morgan fingerprint density at radius 2 is 0.833 bits per heavy atom. The van der Waals surface area contributed by atoms with E-state index in [0.29, 0.717) is 11.1 Å². The van der Waals surface area contributed by atoms with E-state index in [1.807, 2.05) is 31.2 Å². The highest BCUT2D eigenvalue weighted by atomic mass is 19.1. The molecule has 0 saturated carbocycles. The highest BCUT2D eigenvalue weighted by Gasteiger charge is 2.14. The van der Waals surface area contributed by atoms with Gasteiger partial charge >= 0.3 is 0 Å². The second-order valence-corrected chi connectivity index (χ2v) is 7.32. The predicted molar refractivity (Wildman–Crippen MR) is 112 cm³/mol. The maximum atomic E-state index is 14.8. The molecule has 150 valence electrons. The van der Waals surface area contributed by atoms with Gasteiger partial charge < -0.3 is 0 Å². The van der Waals surface area contributed by atoms with E-state index in [2.05, 4.69) is 0 Å². The van der Waals surface area contributed by atoms with Gasteiger partial charge in [-0.3, -0.25) is 0 Å². The van der Waals surface area contributed by atoms with Crippen molar-refractivity contribution in [3.8, 4) is 33.4 Å². The van der Waals surface area contributed by atoms with Crippen LogP contribution >= 0.6 is 0 Å². The first-order valence-corrected chi connectivity index (χ1v) is 9.46. The van der Waals surface area contributed by atoms with Crippen molar-refractivity contribution in [3.63, 3.8) is 0 Å². The Hall–Kier alpha value is -3.40. The molecule has 4 aromatic carbocycles. The molecule has 4 heteroatoms. The van der Waals surface area contributed by atoms with Gasteiger partial charge in [-0.05, 0) is 60.4 Å². The maximum Gasteiger partial charge on any atom is 0.131 e. The average molecular weight is 406 g/mol. The standard InChI is InChI=1S/C26H18F4/c1-15-3-5-17(6-4-15)18-7-9-21(25(29)11-18)22-10-8-19(12-26(22)30)20-13-23(27)16(2)24(28)14-20/h3-14H,1-2H3. The van der Waals surface area contributed by atoms with E-state index in [1.54, 1.807) is 6.07 Å². The Morgan fingerprint density at radius 3 is 1.30 bits per heavy atom. The van der Waals surface area contributed by atoms with Crippen LogP contribution in [0.25, 0.3) is 33.4 Å². The molecule has 0 heterocycles. The molecule has 0 aliphatic rings. The van der Waals surface area contributed by atoms with Gasteiger partial charge in [-0.2, -0.15) is 0 Å². The van der Waals surface area contributed by atoms with E-state index in [9.17, 15) is 17.6 Å². The molecule has 0 radical (unpaired) electrons. The van der Waals surface area contributed by atoms with Crippen molar-refractivity contribution in [1.82, 2.24) is 0 Å². The number of aryl methyl sites for hydroxylation is 1. The lowest BCUT2D eigenvalue weighted by Gasteiger charge is -2.11. The van der Waals surface area contributed by atoms with Crippen molar-refractivity contribution in [2.45, 2.75) is 13.8 Å². The third kappa shape index (κ3) is 3.73. The van der Waals surface area contributed by atoms with Gasteiger partial charge in [0.2, 0.25) is 0 Å². The summed E-state index contributed by atoms with van der Waals surface area (Å²) in [4.78, 5) is 0. The van der Waals surface area contributed by atoms with E-state index in [4.69, 9.17) is 0 Å². The second kappa shape index (κ2) is 7.79. The molecule has 0 N–H and O–H groups in total. The fraction of sp³-hybridized carbons (Fsp3) is 0.0769. The van der Waals surface area contributed by atoms with Gasteiger partial charge in [0.25, 0.3) is 0 Å². The molecule has 0 aliphatic heterocycles. The van der Waals surface area contributed by atoms with Gasteiger partial charge in [0.1, 0.15) is 23.3 Å². The molecule has 0 unspecified atom stereocenters. The van der Waals surface area contributed by atoms with Crippen LogP contribution in [0.3, 0.4) is 0 Å². The first-order chi connectivity index (χ1) is 14.3. The summed E-state index contributed by atoms with van der Waals surface area (Å²) in [5.41, 5.74) is 3.31. The minimum atomic E-state index is -0.702. The summed E-state index contributed by atoms with van der Waals surface area (Å²) in [5.74, 6) is -2.62. The Labute approximate surface area is 172 Å². The molecule has 0 amide bonds. The number of hydrogen-bond acceptors (Lipinski definition) is 0. The molecule has 0 nitrogen and oxygen atoms in total. The van der Waals surface area contributed by atoms with E-state index < -0.39 is 23.3 Å². The fourth-order valence-corrected chi connectivity index (χ4v) is 3.38. The monoisotopic (exact) mass is 406 g/mol. The van der Waals surface area contributed by atoms with Crippen molar-refractivity contribution in [1.29, 1.82) is 0 Å². The van der Waals surface area contributed by atoms with Crippen molar-refractivity contribution in [2.24, 2.45) is 0 Å². The SMILES string of the molecule is Cc1ccc(-c2ccc(-c3ccc(-c4cc(F)c(C)c(F)c4)cc3F)c(F)c2)cc1. The molecule has 0 bridgehead atoms. The van der Waals surface area contributed by atoms with Gasteiger partial charge in [-0.15, -0.1) is 0 Å². The van der Waals surface area contributed by atoms with Crippen LogP contribution in [0, 0.1) is 37.1 Å². The highest BCUT2D eigenvalue weighted by Crippen LogP contribution is 2.33. The molecule has 0 saturated heterocycles. The quantitative estimate of drug-likeness (QED) is 0.304. The second-order valence-electron chi connectivity index (χ2n) is 7.32. The summed E-state index contributed by atoms with van der Waals surface area (Å²) < 4.78 is 57.3. The Morgan fingerprint density at radius 1 is 0.433 bits per heavy atom. The lowest BCUT2D eigenvalue weighted by molar-refractivity contribution is 0.569. The van der Waals surface area contributed by atoms with Crippen molar-refractivity contribution < 1.29 is 17.6 Å². The zero-order valence-corrected chi connectivity index (χ0v) is 16.4. The fourth-order valence-electron chi connectivity index (χ4n) is 3.38. The summed E-state index contributed by atoms with van der Waals surface area (Å²) in [6.07, 6.45) is 0. The summed E-state index contributed by atoms with van der Waals surface area (Å²) in [7, 11) is 0. The van der Waals surface area contributed by atoms with Crippen LogP contribution < -0.4 is 0 Å². The number of hydrogen-bond donors (Lipinski definition) is 0. The third-order valence-electron chi connectivity index (χ3n) is 5.23. The van der Waals surface area contributed by atoms with Crippen LogP contribution in [-0.2, 0) is 0 Å². The minimum Gasteiger partial charge on any atom is -0.207 e. The number of halogens is 4. The zero-order chi connectivity index (χ0) is 21.4. The van der Waals surface area contributed by atoms with Crippen LogP contribution in [0.1, 0.15) is 11.1 Å². The van der Waals surface area contributed by atoms with Gasteiger partial charge in [-0.25, -0.2) is 17.6 Å². The maximum absolute atomic E-state index is 14.8. The predicted octanol–water partition coefficient (Wildman–Crippen LogP) is 7.86. The van der Waals surface area contributed by atoms with Crippen LogP contribution in [-0.4, -0.2) is 0 Å². The largest absolute Gasteiger partial charge is 0.207 e. The van der Waals surface area contributed by atoms with E-state index in [1.165, 1.54) is 31.2 Å². The lowest BCUT2D eigenvalue weighted by atomic mass is 9.96. The molecular weight excluding hydrogens is 388 g/mol. The first kappa shape index (κ1) is 19.9. The number of benzene rings is 4. The molecule has 0 aliphatic carbocycles. The van der Waals surface area contributed by atoms with Crippen molar-refractivity contribution in [2.75, 3.05) is 0 Å². The first-order valence-electron chi connectivity index (χ1n) is 9.46. The van der Waals surface area contributed by atoms with Crippen molar-refractivity contribution >= 4 is 0 Å². The summed E-state index contributed by atoms with van der Waals surface area (Å²) in [6, 6.07) is 18.7. The smallest absolute Gasteiger partial charge is 0.131 e. The van der Waals surface area contributed by atoms with Crippen LogP contribution in [0.5, 0.6) is 0 Å². The molecule has 4 rings (SSSR count). The topological polar surface area (TPSA) is 0 Å².